The van der Waals surface area contributed by atoms with Crippen molar-refractivity contribution in [2.45, 2.75) is 13.1 Å². The summed E-state index contributed by atoms with van der Waals surface area (Å²) in [5, 5.41) is 0.311. The number of rotatable bonds is 5. The normalized spacial score (nSPS) is 14.8. The van der Waals surface area contributed by atoms with Crippen molar-refractivity contribution in [1.82, 2.24) is 4.90 Å². The highest BCUT2D eigenvalue weighted by Crippen LogP contribution is 2.42. The number of allylic oxidation sites excluding steroid dienone is 3. The molecular weight excluding hydrogens is 425 g/mol. The van der Waals surface area contributed by atoms with Gasteiger partial charge in [0.1, 0.15) is 17.4 Å². The van der Waals surface area contributed by atoms with Gasteiger partial charge in [-0.3, -0.25) is 0 Å². The lowest BCUT2D eigenvalue weighted by Gasteiger charge is -2.34. The molecule has 0 aromatic heterocycles. The van der Waals surface area contributed by atoms with Gasteiger partial charge in [0, 0.05) is 24.3 Å². The molecule has 0 spiro atoms. The van der Waals surface area contributed by atoms with Gasteiger partial charge in [0.15, 0.2) is 6.61 Å². The van der Waals surface area contributed by atoms with Crippen molar-refractivity contribution in [1.29, 1.82) is 0 Å². The Balaban J connectivity index is 2.19. The summed E-state index contributed by atoms with van der Waals surface area (Å²) < 4.78 is 71.6. The van der Waals surface area contributed by atoms with Crippen LogP contribution in [0.25, 0.3) is 11.3 Å². The minimum atomic E-state index is -4.63. The zero-order chi connectivity index (χ0) is 22.1. The number of likely N-dealkylation sites (N-methyl/N-ethyl adjacent to an activating group) is 1. The Hall–Kier alpha value is -2.80. The van der Waals surface area contributed by atoms with E-state index in [4.69, 9.17) is 11.6 Å². The maximum Gasteiger partial charge on any atom is 0.422 e. The molecule has 0 unspecified atom stereocenters. The van der Waals surface area contributed by atoms with Gasteiger partial charge in [-0.1, -0.05) is 48.5 Å². The molecule has 2 nitrogen and oxygen atoms in total. The topological polar surface area (TPSA) is 12.5 Å². The summed E-state index contributed by atoms with van der Waals surface area (Å²) in [6, 6.07) is 10.3. The molecule has 0 bridgehead atoms. The summed E-state index contributed by atoms with van der Waals surface area (Å²) in [4.78, 5) is 1.56. The van der Waals surface area contributed by atoms with Crippen LogP contribution in [-0.4, -0.2) is 24.2 Å². The Labute approximate surface area is 175 Å². The molecule has 0 saturated heterocycles. The molecule has 158 valence electrons. The first-order valence-corrected chi connectivity index (χ1v) is 9.33. The van der Waals surface area contributed by atoms with E-state index in [1.807, 2.05) is 0 Å². The number of nitrogens with zero attached hydrogens (tertiary/aromatic N) is 1. The lowest BCUT2D eigenvalue weighted by Crippen LogP contribution is -2.26. The standard InChI is InChI=1S/C22H17ClF5NO/c1-3-29-13(2)17(23)11-16(14-7-5-4-6-8-14)21(29)20-18(24)9-15(10-19(20)25)30-12-22(26,27)28/h4-11H,2-3,12H2,1H3. The molecule has 0 N–H and O–H groups in total. The monoisotopic (exact) mass is 441 g/mol. The van der Waals surface area contributed by atoms with Crippen LogP contribution < -0.4 is 4.74 Å². The highest BCUT2D eigenvalue weighted by atomic mass is 35.5. The smallest absolute Gasteiger partial charge is 0.422 e. The maximum absolute atomic E-state index is 15.0. The summed E-state index contributed by atoms with van der Waals surface area (Å²) in [5.74, 6) is -2.68. The molecule has 30 heavy (non-hydrogen) atoms. The Morgan fingerprint density at radius 2 is 1.67 bits per heavy atom. The molecule has 0 saturated carbocycles. The number of halogens is 6. The van der Waals surface area contributed by atoms with Gasteiger partial charge >= 0.3 is 6.18 Å². The van der Waals surface area contributed by atoms with Gasteiger partial charge in [0.25, 0.3) is 0 Å². The van der Waals surface area contributed by atoms with Crippen molar-refractivity contribution in [3.8, 4) is 5.75 Å². The van der Waals surface area contributed by atoms with Crippen molar-refractivity contribution in [2.24, 2.45) is 0 Å². The summed E-state index contributed by atoms with van der Waals surface area (Å²) in [6.45, 7) is 4.30. The molecule has 1 aliphatic rings. The molecule has 0 fully saturated rings. The molecule has 1 aliphatic heterocycles. The Kier molecular flexibility index (Phi) is 6.22. The van der Waals surface area contributed by atoms with Gasteiger partial charge in [-0.25, -0.2) is 8.78 Å². The molecule has 2 aromatic rings. The number of hydrogen-bond acceptors (Lipinski definition) is 2. The van der Waals surface area contributed by atoms with E-state index in [1.165, 1.54) is 0 Å². The van der Waals surface area contributed by atoms with E-state index < -0.39 is 35.7 Å². The predicted octanol–water partition coefficient (Wildman–Crippen LogP) is 6.75. The number of hydrogen-bond donors (Lipinski definition) is 0. The zero-order valence-electron chi connectivity index (χ0n) is 15.9. The quantitative estimate of drug-likeness (QED) is 0.476. The Bertz CT molecular complexity index is 1000. The number of alkyl halides is 3. The minimum absolute atomic E-state index is 0.176. The molecule has 1 heterocycles. The van der Waals surface area contributed by atoms with Gasteiger partial charge in [0.2, 0.25) is 0 Å². The van der Waals surface area contributed by atoms with Crippen LogP contribution in [0.1, 0.15) is 18.1 Å². The maximum atomic E-state index is 15.0. The highest BCUT2D eigenvalue weighted by molar-refractivity contribution is 6.33. The van der Waals surface area contributed by atoms with Crippen LogP contribution in [-0.2, 0) is 0 Å². The molecule has 2 aromatic carbocycles. The van der Waals surface area contributed by atoms with Crippen molar-refractivity contribution in [2.75, 3.05) is 13.2 Å². The highest BCUT2D eigenvalue weighted by Gasteiger charge is 2.31. The van der Waals surface area contributed by atoms with Crippen LogP contribution in [0, 0.1) is 11.6 Å². The van der Waals surface area contributed by atoms with Gasteiger partial charge in [-0.15, -0.1) is 0 Å². The molecule has 0 radical (unpaired) electrons. The fraction of sp³-hybridized carbons (Fsp3) is 0.182. The lowest BCUT2D eigenvalue weighted by atomic mass is 9.94. The van der Waals surface area contributed by atoms with Crippen molar-refractivity contribution in [3.05, 3.63) is 88.6 Å². The third kappa shape index (κ3) is 4.51. The second-order valence-corrected chi connectivity index (χ2v) is 6.88. The second kappa shape index (κ2) is 8.52. The van der Waals surface area contributed by atoms with Crippen LogP contribution in [0.3, 0.4) is 0 Å². The van der Waals surface area contributed by atoms with Gasteiger partial charge in [-0.2, -0.15) is 13.2 Å². The number of ether oxygens (including phenoxy) is 1. The van der Waals surface area contributed by atoms with E-state index in [9.17, 15) is 22.0 Å². The van der Waals surface area contributed by atoms with Crippen LogP contribution in [0.4, 0.5) is 22.0 Å². The second-order valence-electron chi connectivity index (χ2n) is 6.48. The molecule has 0 amide bonds. The van der Waals surface area contributed by atoms with Crippen LogP contribution >= 0.6 is 11.6 Å². The van der Waals surface area contributed by atoms with Crippen LogP contribution in [0.15, 0.2) is 65.8 Å². The minimum Gasteiger partial charge on any atom is -0.484 e. The fourth-order valence-electron chi connectivity index (χ4n) is 3.17. The van der Waals surface area contributed by atoms with Crippen LogP contribution in [0.5, 0.6) is 5.75 Å². The van der Waals surface area contributed by atoms with E-state index in [1.54, 1.807) is 48.2 Å². The van der Waals surface area contributed by atoms with Gasteiger partial charge in [0.05, 0.1) is 22.0 Å². The summed E-state index contributed by atoms with van der Waals surface area (Å²) in [7, 11) is 0. The molecule has 0 atom stereocenters. The SMILES string of the molecule is C=C1C(Cl)=CC(c2ccccc2)=C(c2c(F)cc(OCC(F)(F)F)cc2F)N1CC. The summed E-state index contributed by atoms with van der Waals surface area (Å²) in [6.07, 6.45) is -3.07. The largest absolute Gasteiger partial charge is 0.484 e. The van der Waals surface area contributed by atoms with E-state index in [2.05, 4.69) is 11.3 Å². The van der Waals surface area contributed by atoms with E-state index in [0.717, 1.165) is 12.1 Å². The first-order chi connectivity index (χ1) is 14.1. The van der Waals surface area contributed by atoms with E-state index >= 15 is 0 Å². The van der Waals surface area contributed by atoms with Crippen molar-refractivity contribution < 1.29 is 26.7 Å². The lowest BCUT2D eigenvalue weighted by molar-refractivity contribution is -0.153. The third-order valence-electron chi connectivity index (χ3n) is 4.45. The average molecular weight is 442 g/mol. The van der Waals surface area contributed by atoms with Gasteiger partial charge in [-0.05, 0) is 18.6 Å². The summed E-state index contributed by atoms with van der Waals surface area (Å²) in [5.41, 5.74) is 1.24. The van der Waals surface area contributed by atoms with Crippen molar-refractivity contribution in [3.63, 3.8) is 0 Å². The van der Waals surface area contributed by atoms with E-state index in [0.29, 0.717) is 28.4 Å². The predicted molar refractivity (Wildman–Crippen MR) is 107 cm³/mol. The average Bonchev–Trinajstić information content (AvgIpc) is 2.68. The molecular formula is C22H17ClF5NO. The summed E-state index contributed by atoms with van der Waals surface area (Å²) >= 11 is 6.30. The fourth-order valence-corrected chi connectivity index (χ4v) is 3.38. The third-order valence-corrected chi connectivity index (χ3v) is 4.78. The molecule has 8 heteroatoms. The number of benzene rings is 2. The van der Waals surface area contributed by atoms with Gasteiger partial charge < -0.3 is 9.64 Å². The van der Waals surface area contributed by atoms with Crippen LogP contribution in [0.2, 0.25) is 0 Å². The first kappa shape index (κ1) is 21.9. The Morgan fingerprint density at radius 1 is 1.07 bits per heavy atom. The molecule has 3 rings (SSSR count). The molecule has 0 aliphatic carbocycles. The van der Waals surface area contributed by atoms with Crippen molar-refractivity contribution >= 4 is 22.9 Å². The first-order valence-electron chi connectivity index (χ1n) is 8.95. The Morgan fingerprint density at radius 3 is 2.20 bits per heavy atom. The zero-order valence-corrected chi connectivity index (χ0v) is 16.6. The van der Waals surface area contributed by atoms with E-state index in [-0.39, 0.29) is 5.70 Å².